The zero-order valence-electron chi connectivity index (χ0n) is 11.3. The second kappa shape index (κ2) is 5.89. The molecule has 1 aromatic heterocycles. The number of furan rings is 1. The molecule has 0 aliphatic rings. The van der Waals surface area contributed by atoms with Crippen molar-refractivity contribution in [3.63, 3.8) is 0 Å². The van der Waals surface area contributed by atoms with Crippen molar-refractivity contribution < 1.29 is 9.21 Å². The van der Waals surface area contributed by atoms with E-state index in [0.29, 0.717) is 6.42 Å². The molecule has 19 heavy (non-hydrogen) atoms. The smallest absolute Gasteiger partial charge is 0.237 e. The number of rotatable bonds is 5. The molecule has 2 aromatic rings. The van der Waals surface area contributed by atoms with Crippen molar-refractivity contribution in [2.75, 3.05) is 0 Å². The molecule has 2 rings (SSSR count). The van der Waals surface area contributed by atoms with Crippen LogP contribution in [0.5, 0.6) is 0 Å². The largest absolute Gasteiger partial charge is 0.459 e. The Morgan fingerprint density at radius 3 is 2.84 bits per heavy atom. The van der Waals surface area contributed by atoms with Gasteiger partial charge in [0.2, 0.25) is 5.91 Å². The van der Waals surface area contributed by atoms with E-state index in [1.807, 2.05) is 44.2 Å². The van der Waals surface area contributed by atoms with Gasteiger partial charge < -0.3 is 15.5 Å². The summed E-state index contributed by atoms with van der Waals surface area (Å²) in [5.41, 5.74) is 6.62. The van der Waals surface area contributed by atoms with Gasteiger partial charge in [-0.1, -0.05) is 31.5 Å². The summed E-state index contributed by atoms with van der Waals surface area (Å²) in [5.74, 6) is 0.619. The Morgan fingerprint density at radius 2 is 2.16 bits per heavy atom. The van der Waals surface area contributed by atoms with Crippen LogP contribution in [0, 0.1) is 0 Å². The highest BCUT2D eigenvalue weighted by Crippen LogP contribution is 2.23. The molecule has 3 N–H and O–H groups in total. The van der Waals surface area contributed by atoms with Crippen molar-refractivity contribution in [2.24, 2.45) is 5.73 Å². The van der Waals surface area contributed by atoms with E-state index in [0.717, 1.165) is 23.2 Å². The number of hydrogen-bond acceptors (Lipinski definition) is 3. The van der Waals surface area contributed by atoms with Crippen LogP contribution in [0.15, 0.2) is 34.7 Å². The third kappa shape index (κ3) is 3.15. The SMILES string of the molecule is CCC[C@@H](N)C(=O)NC(C)c1cc2ccccc2o1. The van der Waals surface area contributed by atoms with Gasteiger partial charge in [0.05, 0.1) is 12.1 Å². The van der Waals surface area contributed by atoms with Crippen LogP contribution in [0.1, 0.15) is 38.5 Å². The van der Waals surface area contributed by atoms with Crippen LogP contribution in [0.25, 0.3) is 11.0 Å². The second-order valence-corrected chi connectivity index (χ2v) is 4.81. The number of hydrogen-bond donors (Lipinski definition) is 2. The van der Waals surface area contributed by atoms with Crippen LogP contribution in [0.2, 0.25) is 0 Å². The Morgan fingerprint density at radius 1 is 1.42 bits per heavy atom. The van der Waals surface area contributed by atoms with Gasteiger partial charge in [-0.3, -0.25) is 4.79 Å². The third-order valence-electron chi connectivity index (χ3n) is 3.17. The van der Waals surface area contributed by atoms with Crippen molar-refractivity contribution in [1.29, 1.82) is 0 Å². The van der Waals surface area contributed by atoms with Gasteiger partial charge in [-0.25, -0.2) is 0 Å². The minimum Gasteiger partial charge on any atom is -0.459 e. The van der Waals surface area contributed by atoms with Gasteiger partial charge in [-0.2, -0.15) is 0 Å². The van der Waals surface area contributed by atoms with Gasteiger partial charge in [0.25, 0.3) is 0 Å². The number of benzene rings is 1. The van der Waals surface area contributed by atoms with Gasteiger partial charge in [0, 0.05) is 5.39 Å². The van der Waals surface area contributed by atoms with Crippen LogP contribution < -0.4 is 11.1 Å². The van der Waals surface area contributed by atoms with E-state index < -0.39 is 6.04 Å². The molecule has 102 valence electrons. The van der Waals surface area contributed by atoms with Crippen LogP contribution in [0.4, 0.5) is 0 Å². The Kier molecular flexibility index (Phi) is 4.22. The highest BCUT2D eigenvalue weighted by molar-refractivity contribution is 5.82. The predicted octanol–water partition coefficient (Wildman–Crippen LogP) is 2.74. The highest BCUT2D eigenvalue weighted by atomic mass is 16.3. The molecule has 0 aliphatic heterocycles. The molecule has 1 aromatic carbocycles. The Hall–Kier alpha value is -1.81. The van der Waals surface area contributed by atoms with Crippen LogP contribution in [-0.2, 0) is 4.79 Å². The summed E-state index contributed by atoms with van der Waals surface area (Å²) in [7, 11) is 0. The summed E-state index contributed by atoms with van der Waals surface area (Å²) < 4.78 is 5.71. The van der Waals surface area contributed by atoms with E-state index in [2.05, 4.69) is 5.32 Å². The van der Waals surface area contributed by atoms with Gasteiger partial charge >= 0.3 is 0 Å². The first-order valence-electron chi connectivity index (χ1n) is 6.66. The minimum absolute atomic E-state index is 0.130. The third-order valence-corrected chi connectivity index (χ3v) is 3.17. The predicted molar refractivity (Wildman–Crippen MR) is 75.7 cm³/mol. The molecule has 4 heteroatoms. The molecule has 0 saturated carbocycles. The van der Waals surface area contributed by atoms with Crippen LogP contribution in [0.3, 0.4) is 0 Å². The van der Waals surface area contributed by atoms with Crippen molar-refractivity contribution in [2.45, 2.75) is 38.8 Å². The van der Waals surface area contributed by atoms with Gasteiger partial charge in [0.15, 0.2) is 0 Å². The number of fused-ring (bicyclic) bond motifs is 1. The number of nitrogens with two attached hydrogens (primary N) is 1. The zero-order valence-corrected chi connectivity index (χ0v) is 11.3. The van der Waals surface area contributed by atoms with Crippen molar-refractivity contribution in [1.82, 2.24) is 5.32 Å². The second-order valence-electron chi connectivity index (χ2n) is 4.81. The fraction of sp³-hybridized carbons (Fsp3) is 0.400. The van der Waals surface area contributed by atoms with E-state index >= 15 is 0 Å². The van der Waals surface area contributed by atoms with E-state index in [9.17, 15) is 4.79 Å². The molecule has 4 nitrogen and oxygen atoms in total. The Labute approximate surface area is 113 Å². The fourth-order valence-electron chi connectivity index (χ4n) is 2.05. The summed E-state index contributed by atoms with van der Waals surface area (Å²) in [6.45, 7) is 3.91. The molecular weight excluding hydrogens is 240 g/mol. The first kappa shape index (κ1) is 13.6. The quantitative estimate of drug-likeness (QED) is 0.868. The van der Waals surface area contributed by atoms with Gasteiger partial charge in [0.1, 0.15) is 11.3 Å². The lowest BCUT2D eigenvalue weighted by atomic mass is 10.1. The normalized spacial score (nSPS) is 14.3. The average Bonchev–Trinajstić information content (AvgIpc) is 2.82. The van der Waals surface area contributed by atoms with E-state index in [1.165, 1.54) is 0 Å². The molecule has 1 heterocycles. The standard InChI is InChI=1S/C15H20N2O2/c1-3-6-12(16)15(18)17-10(2)14-9-11-7-4-5-8-13(11)19-14/h4-5,7-10,12H,3,6,16H2,1-2H3,(H,17,18)/t10?,12-/m1/s1. The lowest BCUT2D eigenvalue weighted by Gasteiger charge is -2.15. The molecule has 1 unspecified atom stereocenters. The number of carbonyl (C=O) groups is 1. The molecule has 0 fully saturated rings. The molecular formula is C15H20N2O2. The zero-order chi connectivity index (χ0) is 13.8. The fourth-order valence-corrected chi connectivity index (χ4v) is 2.05. The maximum absolute atomic E-state index is 11.9. The van der Waals surface area contributed by atoms with Crippen molar-refractivity contribution in [3.8, 4) is 0 Å². The topological polar surface area (TPSA) is 68.3 Å². The summed E-state index contributed by atoms with van der Waals surface area (Å²) in [4.78, 5) is 11.9. The monoisotopic (exact) mass is 260 g/mol. The van der Waals surface area contributed by atoms with Crippen LogP contribution in [-0.4, -0.2) is 11.9 Å². The van der Waals surface area contributed by atoms with Gasteiger partial charge in [-0.15, -0.1) is 0 Å². The Bertz CT molecular complexity index is 529. The Balaban J connectivity index is 2.07. The van der Waals surface area contributed by atoms with Gasteiger partial charge in [-0.05, 0) is 25.5 Å². The first-order chi connectivity index (χ1) is 9.11. The lowest BCUT2D eigenvalue weighted by molar-refractivity contribution is -0.123. The average molecular weight is 260 g/mol. The van der Waals surface area contributed by atoms with Crippen molar-refractivity contribution >= 4 is 16.9 Å². The molecule has 2 atom stereocenters. The molecule has 1 amide bonds. The molecule has 0 radical (unpaired) electrons. The van der Waals surface area contributed by atoms with Crippen molar-refractivity contribution in [3.05, 3.63) is 36.1 Å². The maximum atomic E-state index is 11.9. The summed E-state index contributed by atoms with van der Waals surface area (Å²) in [6.07, 6.45) is 1.59. The first-order valence-corrected chi connectivity index (χ1v) is 6.66. The number of nitrogens with one attached hydrogen (secondary N) is 1. The molecule has 0 bridgehead atoms. The van der Waals surface area contributed by atoms with E-state index in [4.69, 9.17) is 10.2 Å². The maximum Gasteiger partial charge on any atom is 0.237 e. The van der Waals surface area contributed by atoms with E-state index in [-0.39, 0.29) is 11.9 Å². The summed E-state index contributed by atoms with van der Waals surface area (Å²) in [6, 6.07) is 9.11. The summed E-state index contributed by atoms with van der Waals surface area (Å²) >= 11 is 0. The lowest BCUT2D eigenvalue weighted by Crippen LogP contribution is -2.41. The van der Waals surface area contributed by atoms with E-state index in [1.54, 1.807) is 0 Å². The number of carbonyl (C=O) groups excluding carboxylic acids is 1. The molecule has 0 spiro atoms. The summed E-state index contributed by atoms with van der Waals surface area (Å²) in [5, 5.41) is 3.92. The van der Waals surface area contributed by atoms with Crippen LogP contribution >= 0.6 is 0 Å². The number of para-hydroxylation sites is 1. The molecule has 0 aliphatic carbocycles. The number of amides is 1. The highest BCUT2D eigenvalue weighted by Gasteiger charge is 2.18. The molecule has 0 saturated heterocycles. The minimum atomic E-state index is -0.447.